The topological polar surface area (TPSA) is 33.2 Å². The van der Waals surface area contributed by atoms with Crippen molar-refractivity contribution in [2.24, 2.45) is 0 Å². The summed E-state index contributed by atoms with van der Waals surface area (Å²) in [6, 6.07) is 21.4. The molecule has 2 aromatic carbocycles. The van der Waals surface area contributed by atoms with Gasteiger partial charge in [0.15, 0.2) is 0 Å². The number of pyridine rings is 1. The first kappa shape index (κ1) is 14.0. The quantitative estimate of drug-likeness (QED) is 0.729. The zero-order valence-electron chi connectivity index (χ0n) is 12.3. The van der Waals surface area contributed by atoms with E-state index in [4.69, 9.17) is 0 Å². The maximum absolute atomic E-state index is 12.6. The molecule has 0 fully saturated rings. The van der Waals surface area contributed by atoms with Crippen LogP contribution in [0, 0.1) is 0 Å². The van der Waals surface area contributed by atoms with Crippen LogP contribution in [-0.2, 0) is 0 Å². The smallest absolute Gasteiger partial charge is 0.259 e. The Labute approximate surface area is 129 Å². The average Bonchev–Trinajstić information content (AvgIpc) is 2.62. The third-order valence-corrected chi connectivity index (χ3v) is 3.54. The Morgan fingerprint density at radius 1 is 0.864 bits per heavy atom. The molecule has 1 aromatic heterocycles. The molecular formula is C19H16N2O. The van der Waals surface area contributed by atoms with Gasteiger partial charge < -0.3 is 4.90 Å². The van der Waals surface area contributed by atoms with Crippen molar-refractivity contribution in [2.75, 3.05) is 11.9 Å². The van der Waals surface area contributed by atoms with Gasteiger partial charge in [-0.05, 0) is 23.8 Å². The minimum Gasteiger partial charge on any atom is -0.311 e. The fraction of sp³-hybridized carbons (Fsp3) is 0.0526. The molecule has 0 saturated carbocycles. The second-order valence-electron chi connectivity index (χ2n) is 5.03. The summed E-state index contributed by atoms with van der Waals surface area (Å²) in [5.41, 5.74) is 3.42. The van der Waals surface area contributed by atoms with Crippen molar-refractivity contribution in [1.82, 2.24) is 4.98 Å². The molecule has 3 heteroatoms. The minimum absolute atomic E-state index is 0.0727. The molecule has 108 valence electrons. The predicted octanol–water partition coefficient (Wildman–Crippen LogP) is 4.03. The Balaban J connectivity index is 1.91. The summed E-state index contributed by atoms with van der Waals surface area (Å²) in [7, 11) is 1.77. The van der Waals surface area contributed by atoms with Gasteiger partial charge in [-0.25, -0.2) is 0 Å². The van der Waals surface area contributed by atoms with Crippen LogP contribution in [0.5, 0.6) is 0 Å². The summed E-state index contributed by atoms with van der Waals surface area (Å²) in [5.74, 6) is -0.0727. The summed E-state index contributed by atoms with van der Waals surface area (Å²) in [6.45, 7) is 0. The van der Waals surface area contributed by atoms with Gasteiger partial charge in [0.2, 0.25) is 0 Å². The Kier molecular flexibility index (Phi) is 3.97. The van der Waals surface area contributed by atoms with Crippen molar-refractivity contribution >= 4 is 11.6 Å². The van der Waals surface area contributed by atoms with Crippen LogP contribution in [0.25, 0.3) is 11.1 Å². The van der Waals surface area contributed by atoms with Crippen molar-refractivity contribution in [3.05, 3.63) is 84.7 Å². The van der Waals surface area contributed by atoms with Crippen molar-refractivity contribution in [2.45, 2.75) is 0 Å². The molecule has 0 atom stereocenters. The number of hydrogen-bond acceptors (Lipinski definition) is 2. The summed E-state index contributed by atoms with van der Waals surface area (Å²) in [6.07, 6.45) is 3.38. The number of carbonyl (C=O) groups is 1. The first-order valence-electron chi connectivity index (χ1n) is 7.09. The lowest BCUT2D eigenvalue weighted by atomic mass is 10.1. The third kappa shape index (κ3) is 2.88. The number of amides is 1. The van der Waals surface area contributed by atoms with Gasteiger partial charge in [0.1, 0.15) is 0 Å². The molecule has 1 amide bonds. The third-order valence-electron chi connectivity index (χ3n) is 3.54. The van der Waals surface area contributed by atoms with E-state index in [0.29, 0.717) is 5.56 Å². The second-order valence-corrected chi connectivity index (χ2v) is 5.03. The normalized spacial score (nSPS) is 10.2. The average molecular weight is 288 g/mol. The highest BCUT2D eigenvalue weighted by Crippen LogP contribution is 2.20. The van der Waals surface area contributed by atoms with Crippen LogP contribution in [-0.4, -0.2) is 17.9 Å². The maximum atomic E-state index is 12.6. The zero-order valence-corrected chi connectivity index (χ0v) is 12.3. The lowest BCUT2D eigenvalue weighted by molar-refractivity contribution is 0.0992. The van der Waals surface area contributed by atoms with Crippen LogP contribution in [0.15, 0.2) is 79.1 Å². The molecule has 0 aliphatic carbocycles. The molecule has 0 bridgehead atoms. The van der Waals surface area contributed by atoms with E-state index in [9.17, 15) is 4.79 Å². The maximum Gasteiger partial charge on any atom is 0.259 e. The zero-order chi connectivity index (χ0) is 15.4. The number of carbonyl (C=O) groups excluding carboxylic acids is 1. The van der Waals surface area contributed by atoms with E-state index in [1.807, 2.05) is 66.7 Å². The largest absolute Gasteiger partial charge is 0.311 e. The molecule has 3 nitrogen and oxygen atoms in total. The number of rotatable bonds is 3. The molecule has 0 spiro atoms. The number of hydrogen-bond donors (Lipinski definition) is 0. The summed E-state index contributed by atoms with van der Waals surface area (Å²) >= 11 is 0. The standard InChI is InChI=1S/C19H16N2O/c1-21(18-10-6-3-7-11-18)19(22)17-12-16(13-20-14-17)15-8-4-2-5-9-15/h2-14H,1H3. The lowest BCUT2D eigenvalue weighted by Crippen LogP contribution is -2.26. The molecule has 0 N–H and O–H groups in total. The van der Waals surface area contributed by atoms with Gasteiger partial charge >= 0.3 is 0 Å². The van der Waals surface area contributed by atoms with E-state index in [0.717, 1.165) is 16.8 Å². The van der Waals surface area contributed by atoms with Gasteiger partial charge in [-0.3, -0.25) is 9.78 Å². The number of aromatic nitrogens is 1. The number of anilines is 1. The molecule has 0 saturated heterocycles. The number of nitrogens with zero attached hydrogens (tertiary/aromatic N) is 2. The highest BCUT2D eigenvalue weighted by atomic mass is 16.2. The van der Waals surface area contributed by atoms with Crippen LogP contribution in [0.3, 0.4) is 0 Å². The van der Waals surface area contributed by atoms with Crippen LogP contribution in [0.2, 0.25) is 0 Å². The summed E-state index contributed by atoms with van der Waals surface area (Å²) < 4.78 is 0. The van der Waals surface area contributed by atoms with Crippen LogP contribution >= 0.6 is 0 Å². The van der Waals surface area contributed by atoms with Crippen molar-refractivity contribution < 1.29 is 4.79 Å². The molecule has 0 unspecified atom stereocenters. The Bertz CT molecular complexity index is 770. The molecule has 22 heavy (non-hydrogen) atoms. The van der Waals surface area contributed by atoms with Crippen molar-refractivity contribution in [3.8, 4) is 11.1 Å². The van der Waals surface area contributed by atoms with Gasteiger partial charge in [0.25, 0.3) is 5.91 Å². The van der Waals surface area contributed by atoms with Crippen LogP contribution in [0.4, 0.5) is 5.69 Å². The van der Waals surface area contributed by atoms with E-state index in [2.05, 4.69) is 4.98 Å². The Hall–Kier alpha value is -2.94. The highest BCUT2D eigenvalue weighted by Gasteiger charge is 2.14. The van der Waals surface area contributed by atoms with Crippen molar-refractivity contribution in [3.63, 3.8) is 0 Å². The second kappa shape index (κ2) is 6.22. The number of para-hydroxylation sites is 1. The molecule has 1 heterocycles. The molecule has 0 radical (unpaired) electrons. The first-order chi connectivity index (χ1) is 10.8. The first-order valence-corrected chi connectivity index (χ1v) is 7.09. The fourth-order valence-corrected chi connectivity index (χ4v) is 2.31. The van der Waals surface area contributed by atoms with E-state index in [1.165, 1.54) is 0 Å². The summed E-state index contributed by atoms with van der Waals surface area (Å²) in [5, 5.41) is 0. The molecule has 0 aliphatic heterocycles. The number of benzene rings is 2. The Morgan fingerprint density at radius 2 is 1.50 bits per heavy atom. The van der Waals surface area contributed by atoms with Gasteiger partial charge in [-0.15, -0.1) is 0 Å². The van der Waals surface area contributed by atoms with Gasteiger partial charge in [-0.2, -0.15) is 0 Å². The van der Waals surface area contributed by atoms with Gasteiger partial charge in [0, 0.05) is 30.7 Å². The lowest BCUT2D eigenvalue weighted by Gasteiger charge is -2.17. The van der Waals surface area contributed by atoms with E-state index in [1.54, 1.807) is 24.3 Å². The monoisotopic (exact) mass is 288 g/mol. The minimum atomic E-state index is -0.0727. The van der Waals surface area contributed by atoms with E-state index < -0.39 is 0 Å². The van der Waals surface area contributed by atoms with E-state index in [-0.39, 0.29) is 5.91 Å². The van der Waals surface area contributed by atoms with Crippen LogP contribution < -0.4 is 4.90 Å². The molecule has 0 aliphatic rings. The summed E-state index contributed by atoms with van der Waals surface area (Å²) in [4.78, 5) is 18.5. The van der Waals surface area contributed by atoms with Gasteiger partial charge in [-0.1, -0.05) is 48.5 Å². The highest BCUT2D eigenvalue weighted by molar-refractivity contribution is 6.06. The van der Waals surface area contributed by atoms with Gasteiger partial charge in [0.05, 0.1) is 5.56 Å². The molecule has 3 aromatic rings. The fourth-order valence-electron chi connectivity index (χ4n) is 2.31. The predicted molar refractivity (Wildman–Crippen MR) is 88.8 cm³/mol. The SMILES string of the molecule is CN(C(=O)c1cncc(-c2ccccc2)c1)c1ccccc1. The Morgan fingerprint density at radius 3 is 2.18 bits per heavy atom. The van der Waals surface area contributed by atoms with Crippen molar-refractivity contribution in [1.29, 1.82) is 0 Å². The van der Waals surface area contributed by atoms with Crippen LogP contribution in [0.1, 0.15) is 10.4 Å². The molecule has 3 rings (SSSR count). The molecular weight excluding hydrogens is 272 g/mol. The van der Waals surface area contributed by atoms with E-state index >= 15 is 0 Å².